The monoisotopic (exact) mass is 270 g/mol. The molecule has 1 aromatic carbocycles. The number of hydrogen-bond acceptors (Lipinski definition) is 2. The number of thiophene rings is 1. The molecule has 2 heterocycles. The number of aromatic amines is 1. The number of benzene rings is 1. The number of rotatable bonds is 5. The summed E-state index contributed by atoms with van der Waals surface area (Å²) in [4.78, 5) is 6.13. The molecule has 0 bridgehead atoms. The molecule has 2 nitrogen and oxygen atoms in total. The lowest BCUT2D eigenvalue weighted by atomic mass is 10.1. The SMILES string of the molecule is CCc1ccc(CNCc2ccc3cc[nH]c3c2)s1. The summed E-state index contributed by atoms with van der Waals surface area (Å²) in [7, 11) is 0. The molecular formula is C16H18N2S. The van der Waals surface area contributed by atoms with E-state index < -0.39 is 0 Å². The Bertz CT molecular complexity index is 666. The van der Waals surface area contributed by atoms with Gasteiger partial charge in [0.25, 0.3) is 0 Å². The number of aryl methyl sites for hydroxylation is 1. The molecule has 19 heavy (non-hydrogen) atoms. The summed E-state index contributed by atoms with van der Waals surface area (Å²) in [5.41, 5.74) is 2.53. The Labute approximate surface area is 117 Å². The second kappa shape index (κ2) is 5.59. The molecule has 0 aliphatic heterocycles. The van der Waals surface area contributed by atoms with Gasteiger partial charge in [0.1, 0.15) is 0 Å². The highest BCUT2D eigenvalue weighted by atomic mass is 32.1. The quantitative estimate of drug-likeness (QED) is 0.718. The summed E-state index contributed by atoms with van der Waals surface area (Å²) in [6.45, 7) is 4.07. The summed E-state index contributed by atoms with van der Waals surface area (Å²) in [6, 6.07) is 13.1. The molecule has 3 aromatic rings. The van der Waals surface area contributed by atoms with E-state index in [9.17, 15) is 0 Å². The van der Waals surface area contributed by atoms with Crippen LogP contribution in [0.1, 0.15) is 22.2 Å². The molecule has 2 aromatic heterocycles. The first-order valence-electron chi connectivity index (χ1n) is 6.69. The fourth-order valence-electron chi connectivity index (χ4n) is 2.24. The maximum absolute atomic E-state index is 3.51. The van der Waals surface area contributed by atoms with Crippen LogP contribution in [0.3, 0.4) is 0 Å². The highest BCUT2D eigenvalue weighted by Gasteiger charge is 2.00. The van der Waals surface area contributed by atoms with Crippen molar-refractivity contribution in [1.82, 2.24) is 10.3 Å². The average molecular weight is 270 g/mol. The van der Waals surface area contributed by atoms with Gasteiger partial charge in [0, 0.05) is 34.6 Å². The van der Waals surface area contributed by atoms with Crippen LogP contribution in [0, 0.1) is 0 Å². The smallest absolute Gasteiger partial charge is 0.0457 e. The van der Waals surface area contributed by atoms with Crippen molar-refractivity contribution < 1.29 is 0 Å². The summed E-state index contributed by atoms with van der Waals surface area (Å²) in [5, 5.41) is 4.78. The van der Waals surface area contributed by atoms with Crippen molar-refractivity contribution in [2.75, 3.05) is 0 Å². The van der Waals surface area contributed by atoms with E-state index in [2.05, 4.69) is 53.6 Å². The van der Waals surface area contributed by atoms with E-state index in [0.29, 0.717) is 0 Å². The van der Waals surface area contributed by atoms with E-state index in [1.807, 2.05) is 17.5 Å². The van der Waals surface area contributed by atoms with Crippen LogP contribution in [0.2, 0.25) is 0 Å². The van der Waals surface area contributed by atoms with Gasteiger partial charge < -0.3 is 10.3 Å². The van der Waals surface area contributed by atoms with E-state index in [1.54, 1.807) is 0 Å². The molecule has 0 radical (unpaired) electrons. The molecule has 3 rings (SSSR count). The molecule has 0 atom stereocenters. The third-order valence-electron chi connectivity index (χ3n) is 3.31. The predicted octanol–water partition coefficient (Wildman–Crippen LogP) is 4.08. The number of fused-ring (bicyclic) bond motifs is 1. The third kappa shape index (κ3) is 2.88. The van der Waals surface area contributed by atoms with Crippen LogP contribution >= 0.6 is 11.3 Å². The van der Waals surface area contributed by atoms with Gasteiger partial charge in [0.15, 0.2) is 0 Å². The zero-order chi connectivity index (χ0) is 13.1. The molecule has 98 valence electrons. The van der Waals surface area contributed by atoms with Crippen molar-refractivity contribution in [2.24, 2.45) is 0 Å². The van der Waals surface area contributed by atoms with Crippen LogP contribution < -0.4 is 5.32 Å². The molecule has 0 fully saturated rings. The maximum Gasteiger partial charge on any atom is 0.0457 e. The number of nitrogens with one attached hydrogen (secondary N) is 2. The average Bonchev–Trinajstić information content (AvgIpc) is 3.06. The van der Waals surface area contributed by atoms with Crippen molar-refractivity contribution >= 4 is 22.2 Å². The molecule has 0 saturated carbocycles. The Hall–Kier alpha value is -1.58. The minimum absolute atomic E-state index is 0.911. The molecule has 0 saturated heterocycles. The van der Waals surface area contributed by atoms with Gasteiger partial charge in [-0.3, -0.25) is 0 Å². The van der Waals surface area contributed by atoms with Crippen molar-refractivity contribution in [3.8, 4) is 0 Å². The molecule has 0 unspecified atom stereocenters. The second-order valence-corrected chi connectivity index (χ2v) is 5.98. The van der Waals surface area contributed by atoms with Crippen LogP contribution in [-0.4, -0.2) is 4.98 Å². The Balaban J connectivity index is 1.59. The molecule has 3 heteroatoms. The summed E-state index contributed by atoms with van der Waals surface area (Å²) in [6.07, 6.45) is 3.12. The summed E-state index contributed by atoms with van der Waals surface area (Å²) < 4.78 is 0. The van der Waals surface area contributed by atoms with Crippen LogP contribution in [-0.2, 0) is 19.5 Å². The number of H-pyrrole nitrogens is 1. The molecule has 0 aliphatic carbocycles. The fourth-order valence-corrected chi connectivity index (χ4v) is 3.17. The second-order valence-electron chi connectivity index (χ2n) is 4.72. The summed E-state index contributed by atoms with van der Waals surface area (Å²) in [5.74, 6) is 0. The third-order valence-corrected chi connectivity index (χ3v) is 4.54. The number of hydrogen-bond donors (Lipinski definition) is 2. The van der Waals surface area contributed by atoms with Crippen molar-refractivity contribution in [2.45, 2.75) is 26.4 Å². The van der Waals surface area contributed by atoms with Crippen molar-refractivity contribution in [3.63, 3.8) is 0 Å². The van der Waals surface area contributed by atoms with E-state index >= 15 is 0 Å². The van der Waals surface area contributed by atoms with Crippen molar-refractivity contribution in [3.05, 3.63) is 57.9 Å². The zero-order valence-electron chi connectivity index (χ0n) is 11.1. The number of aromatic nitrogens is 1. The van der Waals surface area contributed by atoms with Gasteiger partial charge >= 0.3 is 0 Å². The zero-order valence-corrected chi connectivity index (χ0v) is 11.9. The lowest BCUT2D eigenvalue weighted by molar-refractivity contribution is 0.701. The normalized spacial score (nSPS) is 11.2. The van der Waals surface area contributed by atoms with Crippen LogP contribution in [0.4, 0.5) is 0 Å². The van der Waals surface area contributed by atoms with Gasteiger partial charge in [-0.1, -0.05) is 19.1 Å². The van der Waals surface area contributed by atoms with Gasteiger partial charge in [0.2, 0.25) is 0 Å². The fraction of sp³-hybridized carbons (Fsp3) is 0.250. The van der Waals surface area contributed by atoms with Gasteiger partial charge in [-0.05, 0) is 41.6 Å². The van der Waals surface area contributed by atoms with Gasteiger partial charge in [-0.15, -0.1) is 11.3 Å². The van der Waals surface area contributed by atoms with E-state index in [4.69, 9.17) is 0 Å². The Morgan fingerprint density at radius 2 is 1.95 bits per heavy atom. The van der Waals surface area contributed by atoms with Crippen LogP contribution in [0.25, 0.3) is 10.9 Å². The Morgan fingerprint density at radius 3 is 2.79 bits per heavy atom. The standard InChI is InChI=1S/C16H18N2S/c1-2-14-5-6-15(19-14)11-17-10-12-3-4-13-7-8-18-16(13)9-12/h3-9,17-18H,2,10-11H2,1H3. The maximum atomic E-state index is 3.51. The summed E-state index contributed by atoms with van der Waals surface area (Å²) >= 11 is 1.90. The molecular weight excluding hydrogens is 252 g/mol. The lowest BCUT2D eigenvalue weighted by Gasteiger charge is -2.03. The van der Waals surface area contributed by atoms with E-state index in [-0.39, 0.29) is 0 Å². The first-order chi connectivity index (χ1) is 9.35. The largest absolute Gasteiger partial charge is 0.361 e. The molecule has 2 N–H and O–H groups in total. The Morgan fingerprint density at radius 1 is 1.05 bits per heavy atom. The van der Waals surface area contributed by atoms with Gasteiger partial charge in [-0.2, -0.15) is 0 Å². The van der Waals surface area contributed by atoms with Crippen LogP contribution in [0.5, 0.6) is 0 Å². The van der Waals surface area contributed by atoms with Crippen LogP contribution in [0.15, 0.2) is 42.6 Å². The molecule has 0 aliphatic rings. The first kappa shape index (κ1) is 12.5. The Kier molecular flexibility index (Phi) is 3.67. The minimum Gasteiger partial charge on any atom is -0.361 e. The highest BCUT2D eigenvalue weighted by molar-refractivity contribution is 7.11. The van der Waals surface area contributed by atoms with E-state index in [0.717, 1.165) is 19.5 Å². The molecule has 0 spiro atoms. The van der Waals surface area contributed by atoms with Gasteiger partial charge in [0.05, 0.1) is 0 Å². The molecule has 0 amide bonds. The minimum atomic E-state index is 0.911. The van der Waals surface area contributed by atoms with Gasteiger partial charge in [-0.25, -0.2) is 0 Å². The van der Waals surface area contributed by atoms with E-state index in [1.165, 1.54) is 26.2 Å². The lowest BCUT2D eigenvalue weighted by Crippen LogP contribution is -2.11. The topological polar surface area (TPSA) is 27.8 Å². The van der Waals surface area contributed by atoms with Crippen molar-refractivity contribution in [1.29, 1.82) is 0 Å². The predicted molar refractivity (Wildman–Crippen MR) is 82.5 cm³/mol. The highest BCUT2D eigenvalue weighted by Crippen LogP contribution is 2.17. The first-order valence-corrected chi connectivity index (χ1v) is 7.51.